The second-order valence-corrected chi connectivity index (χ2v) is 10.5. The number of terminal acetylenes is 1. The van der Waals surface area contributed by atoms with Crippen LogP contribution in [0.15, 0.2) is 24.3 Å². The normalized spacial score (nSPS) is 14.5. The Morgan fingerprint density at radius 3 is 2.38 bits per heavy atom. The molecule has 40 heavy (non-hydrogen) atoms. The molecule has 0 heterocycles. The first kappa shape index (κ1) is 32.1. The zero-order valence-corrected chi connectivity index (χ0v) is 23.7. The van der Waals surface area contributed by atoms with Crippen molar-refractivity contribution in [3.63, 3.8) is 0 Å². The zero-order valence-electron chi connectivity index (χ0n) is 23.7. The number of hydrogen-bond donors (Lipinski definition) is 3. The van der Waals surface area contributed by atoms with Crippen LogP contribution >= 0.6 is 0 Å². The summed E-state index contributed by atoms with van der Waals surface area (Å²) < 4.78 is 10.3. The topological polar surface area (TPSA) is 157 Å². The van der Waals surface area contributed by atoms with Gasteiger partial charge in [0.25, 0.3) is 0 Å². The lowest BCUT2D eigenvalue weighted by atomic mass is 9.87. The van der Waals surface area contributed by atoms with E-state index in [4.69, 9.17) is 21.6 Å². The fraction of sp³-hybridized carbons (Fsp3) is 0.552. The number of hydrogen-bond acceptors (Lipinski definition) is 7. The summed E-state index contributed by atoms with van der Waals surface area (Å²) in [6.07, 6.45) is 6.69. The van der Waals surface area contributed by atoms with Gasteiger partial charge in [-0.15, -0.1) is 6.42 Å². The van der Waals surface area contributed by atoms with Crippen molar-refractivity contribution in [3.05, 3.63) is 35.4 Å². The molecule has 1 fully saturated rings. The average molecular weight is 557 g/mol. The van der Waals surface area contributed by atoms with E-state index in [0.717, 1.165) is 6.42 Å². The second kappa shape index (κ2) is 14.9. The maximum absolute atomic E-state index is 14.2. The van der Waals surface area contributed by atoms with Crippen molar-refractivity contribution in [2.45, 2.75) is 89.9 Å². The highest BCUT2D eigenvalue weighted by atomic mass is 16.6. The largest absolute Gasteiger partial charge is 0.466 e. The Morgan fingerprint density at radius 2 is 1.82 bits per heavy atom. The molecular formula is C29H40N4O7. The van der Waals surface area contributed by atoms with Crippen LogP contribution in [0.5, 0.6) is 0 Å². The number of benzene rings is 1. The summed E-state index contributed by atoms with van der Waals surface area (Å²) in [7, 11) is 0. The molecule has 218 valence electrons. The van der Waals surface area contributed by atoms with Gasteiger partial charge in [-0.05, 0) is 65.0 Å². The number of carbonyl (C=O) groups excluding carboxylic acids is 5. The quantitative estimate of drug-likeness (QED) is 0.249. The van der Waals surface area contributed by atoms with Gasteiger partial charge in [0.05, 0.1) is 13.0 Å². The molecule has 2 unspecified atom stereocenters. The minimum absolute atomic E-state index is 0.0135. The Kier molecular flexibility index (Phi) is 12.0. The van der Waals surface area contributed by atoms with Gasteiger partial charge in [0.2, 0.25) is 17.7 Å². The molecule has 2 atom stereocenters. The molecule has 1 aliphatic rings. The van der Waals surface area contributed by atoms with Gasteiger partial charge in [-0.2, -0.15) is 0 Å². The highest BCUT2D eigenvalue weighted by Gasteiger charge is 2.42. The number of nitrogens with two attached hydrogens (primary N) is 1. The molecule has 0 spiro atoms. The molecule has 0 saturated heterocycles. The Labute approximate surface area is 235 Å². The van der Waals surface area contributed by atoms with Crippen molar-refractivity contribution < 1.29 is 33.4 Å². The number of alkyl carbamates (subject to hydrolysis) is 1. The third-order valence-corrected chi connectivity index (χ3v) is 6.26. The molecule has 1 saturated carbocycles. The van der Waals surface area contributed by atoms with Gasteiger partial charge >= 0.3 is 12.1 Å². The van der Waals surface area contributed by atoms with Crippen molar-refractivity contribution in [1.29, 1.82) is 0 Å². The first-order valence-corrected chi connectivity index (χ1v) is 13.5. The van der Waals surface area contributed by atoms with Crippen molar-refractivity contribution in [2.24, 2.45) is 5.73 Å². The van der Waals surface area contributed by atoms with Crippen LogP contribution < -0.4 is 16.4 Å². The Morgan fingerprint density at radius 1 is 1.15 bits per heavy atom. The van der Waals surface area contributed by atoms with Gasteiger partial charge in [0.15, 0.2) is 0 Å². The maximum atomic E-state index is 14.2. The van der Waals surface area contributed by atoms with E-state index in [9.17, 15) is 24.0 Å². The fourth-order valence-corrected chi connectivity index (χ4v) is 4.26. The third kappa shape index (κ3) is 9.59. The summed E-state index contributed by atoms with van der Waals surface area (Å²) in [6, 6.07) is 4.09. The van der Waals surface area contributed by atoms with Crippen molar-refractivity contribution >= 4 is 29.8 Å². The number of carbonyl (C=O) groups is 5. The lowest BCUT2D eigenvalue weighted by Crippen LogP contribution is -2.57. The van der Waals surface area contributed by atoms with Crippen LogP contribution in [0.2, 0.25) is 0 Å². The second-order valence-electron chi connectivity index (χ2n) is 10.5. The first-order valence-electron chi connectivity index (χ1n) is 13.5. The van der Waals surface area contributed by atoms with Gasteiger partial charge in [0.1, 0.15) is 17.7 Å². The SMILES string of the molecule is C#Cc1ccccc1C(C(=O)NCCC(=O)OCC)N(C(=O)C(CCC(N)=O)NC(=O)OC(C)(C)C)C1CCC1. The Balaban J connectivity index is 2.49. The lowest BCUT2D eigenvalue weighted by molar-refractivity contribution is -0.148. The van der Waals surface area contributed by atoms with Gasteiger partial charge in [0, 0.05) is 24.6 Å². The summed E-state index contributed by atoms with van der Waals surface area (Å²) in [5, 5.41) is 5.30. The van der Waals surface area contributed by atoms with Gasteiger partial charge in [-0.1, -0.05) is 24.1 Å². The van der Waals surface area contributed by atoms with Crippen LogP contribution in [0.4, 0.5) is 4.79 Å². The lowest BCUT2D eigenvalue weighted by Gasteiger charge is -2.43. The number of nitrogens with one attached hydrogen (secondary N) is 2. The van der Waals surface area contributed by atoms with E-state index in [1.54, 1.807) is 52.0 Å². The summed E-state index contributed by atoms with van der Waals surface area (Å²) in [5.74, 6) is 0.339. The molecule has 2 rings (SSSR count). The number of esters is 1. The molecule has 0 radical (unpaired) electrons. The molecule has 1 aliphatic carbocycles. The van der Waals surface area contributed by atoms with E-state index in [2.05, 4.69) is 16.6 Å². The smallest absolute Gasteiger partial charge is 0.408 e. The number of amides is 4. The first-order chi connectivity index (χ1) is 18.9. The van der Waals surface area contributed by atoms with E-state index in [-0.39, 0.29) is 38.5 Å². The van der Waals surface area contributed by atoms with Crippen molar-refractivity contribution in [3.8, 4) is 12.3 Å². The van der Waals surface area contributed by atoms with E-state index in [0.29, 0.717) is 24.0 Å². The number of primary amides is 1. The monoisotopic (exact) mass is 556 g/mol. The predicted octanol–water partition coefficient (Wildman–Crippen LogP) is 2.32. The van der Waals surface area contributed by atoms with Gasteiger partial charge in [-0.3, -0.25) is 19.2 Å². The van der Waals surface area contributed by atoms with Crippen LogP contribution in [-0.2, 0) is 28.7 Å². The molecule has 1 aromatic carbocycles. The summed E-state index contributed by atoms with van der Waals surface area (Å²) >= 11 is 0. The number of rotatable bonds is 13. The molecule has 4 N–H and O–H groups in total. The van der Waals surface area contributed by atoms with Gasteiger partial charge in [-0.25, -0.2) is 4.79 Å². The van der Waals surface area contributed by atoms with Gasteiger partial charge < -0.3 is 30.7 Å². The number of ether oxygens (including phenoxy) is 2. The molecule has 11 nitrogen and oxygen atoms in total. The maximum Gasteiger partial charge on any atom is 0.408 e. The standard InChI is InChI=1S/C29H40N4O7/c1-6-19-11-8-9-14-21(19)25(26(36)31-18-17-24(35)39-7-2)33(20-12-10-13-20)27(37)22(15-16-23(30)34)32-28(38)40-29(3,4)5/h1,8-9,11,14,20,22,25H,7,10,12-13,15-18H2,2-5H3,(H2,30,34)(H,31,36)(H,32,38). The van der Waals surface area contributed by atoms with E-state index in [1.165, 1.54) is 4.90 Å². The average Bonchev–Trinajstić information content (AvgIpc) is 2.83. The van der Waals surface area contributed by atoms with Crippen LogP contribution in [0.1, 0.15) is 83.4 Å². The molecule has 11 heteroatoms. The fourth-order valence-electron chi connectivity index (χ4n) is 4.26. The minimum atomic E-state index is -1.20. The van der Waals surface area contributed by atoms with E-state index < -0.39 is 47.5 Å². The molecular weight excluding hydrogens is 516 g/mol. The van der Waals surface area contributed by atoms with Crippen LogP contribution in [0.3, 0.4) is 0 Å². The third-order valence-electron chi connectivity index (χ3n) is 6.26. The van der Waals surface area contributed by atoms with Crippen LogP contribution in [0, 0.1) is 12.3 Å². The van der Waals surface area contributed by atoms with E-state index in [1.807, 2.05) is 0 Å². The summed E-state index contributed by atoms with van der Waals surface area (Å²) in [5.41, 5.74) is 5.36. The van der Waals surface area contributed by atoms with Crippen LogP contribution in [-0.4, -0.2) is 65.5 Å². The number of nitrogens with zero attached hydrogens (tertiary/aromatic N) is 1. The predicted molar refractivity (Wildman–Crippen MR) is 147 cm³/mol. The Hall–Kier alpha value is -4.07. The highest BCUT2D eigenvalue weighted by Crippen LogP contribution is 2.35. The summed E-state index contributed by atoms with van der Waals surface area (Å²) in [4.78, 5) is 65.4. The highest BCUT2D eigenvalue weighted by molar-refractivity contribution is 5.93. The molecule has 1 aromatic rings. The Bertz CT molecular complexity index is 1120. The molecule has 4 amide bonds. The van der Waals surface area contributed by atoms with Crippen LogP contribution in [0.25, 0.3) is 0 Å². The zero-order chi connectivity index (χ0) is 29.9. The van der Waals surface area contributed by atoms with Crippen molar-refractivity contribution in [2.75, 3.05) is 13.2 Å². The molecule has 0 aliphatic heterocycles. The minimum Gasteiger partial charge on any atom is -0.466 e. The summed E-state index contributed by atoms with van der Waals surface area (Å²) in [6.45, 7) is 6.93. The van der Waals surface area contributed by atoms with E-state index >= 15 is 0 Å². The van der Waals surface area contributed by atoms with Crippen molar-refractivity contribution in [1.82, 2.24) is 15.5 Å². The molecule has 0 bridgehead atoms. The molecule has 0 aromatic heterocycles.